The first-order valence-electron chi connectivity index (χ1n) is 9.94. The fourth-order valence-electron chi connectivity index (χ4n) is 4.47. The minimum absolute atomic E-state index is 0.149. The van der Waals surface area contributed by atoms with Gasteiger partial charge in [-0.1, -0.05) is 18.9 Å². The van der Waals surface area contributed by atoms with E-state index in [1.807, 2.05) is 12.1 Å². The molecule has 1 aliphatic carbocycles. The number of benzene rings is 1. The normalized spacial score (nSPS) is 20.0. The molecule has 4 nitrogen and oxygen atoms in total. The first-order valence-corrected chi connectivity index (χ1v) is 10.8. The highest BCUT2D eigenvalue weighted by molar-refractivity contribution is 7.10. The maximum atomic E-state index is 13.2. The van der Waals surface area contributed by atoms with Crippen molar-refractivity contribution in [2.45, 2.75) is 50.0 Å². The van der Waals surface area contributed by atoms with Gasteiger partial charge < -0.3 is 15.0 Å². The van der Waals surface area contributed by atoms with Crippen LogP contribution < -0.4 is 10.2 Å². The van der Waals surface area contributed by atoms with Crippen molar-refractivity contribution in [2.75, 3.05) is 30.4 Å². The lowest BCUT2D eigenvalue weighted by Crippen LogP contribution is -2.37. The van der Waals surface area contributed by atoms with E-state index in [2.05, 4.69) is 39.9 Å². The number of hydrogen-bond donors (Lipinski definition) is 1. The zero-order valence-corrected chi connectivity index (χ0v) is 16.8. The van der Waals surface area contributed by atoms with Gasteiger partial charge >= 0.3 is 0 Å². The van der Waals surface area contributed by atoms with Gasteiger partial charge in [0.1, 0.15) is 0 Å². The molecule has 1 saturated heterocycles. The third-order valence-electron chi connectivity index (χ3n) is 6.15. The number of anilines is 2. The number of carbonyl (C=O) groups excluding carboxylic acids is 1. The van der Waals surface area contributed by atoms with Crippen LogP contribution in [0.1, 0.15) is 43.4 Å². The Labute approximate surface area is 165 Å². The predicted molar refractivity (Wildman–Crippen MR) is 112 cm³/mol. The van der Waals surface area contributed by atoms with Crippen molar-refractivity contribution in [3.63, 3.8) is 0 Å². The molecule has 0 bridgehead atoms. The Balaban J connectivity index is 1.43. The number of amides is 1. The molecule has 1 aliphatic heterocycles. The van der Waals surface area contributed by atoms with Crippen molar-refractivity contribution in [1.82, 2.24) is 0 Å². The van der Waals surface area contributed by atoms with Gasteiger partial charge in [0.25, 0.3) is 0 Å². The Morgan fingerprint density at radius 3 is 2.44 bits per heavy atom. The van der Waals surface area contributed by atoms with E-state index in [1.54, 1.807) is 18.4 Å². The minimum Gasteiger partial charge on any atom is -0.381 e. The molecule has 0 radical (unpaired) electrons. The van der Waals surface area contributed by atoms with Gasteiger partial charge in [0.05, 0.1) is 11.5 Å². The minimum atomic E-state index is -0.338. The zero-order chi connectivity index (χ0) is 18.7. The second kappa shape index (κ2) is 8.03. The predicted octanol–water partition coefficient (Wildman–Crippen LogP) is 4.81. The summed E-state index contributed by atoms with van der Waals surface area (Å²) in [5.41, 5.74) is 1.77. The molecule has 2 aliphatic rings. The van der Waals surface area contributed by atoms with Crippen LogP contribution in [0.5, 0.6) is 0 Å². The molecule has 1 amide bonds. The molecule has 1 aromatic carbocycles. The number of rotatable bonds is 5. The lowest BCUT2D eigenvalue weighted by molar-refractivity contribution is -0.121. The number of ether oxygens (including phenoxy) is 1. The topological polar surface area (TPSA) is 41.6 Å². The van der Waals surface area contributed by atoms with Gasteiger partial charge in [-0.3, -0.25) is 4.79 Å². The van der Waals surface area contributed by atoms with Crippen LogP contribution in [-0.2, 0) is 14.9 Å². The summed E-state index contributed by atoms with van der Waals surface area (Å²) in [4.78, 5) is 16.8. The molecular formula is C22H28N2O2S. The van der Waals surface area contributed by atoms with E-state index in [0.29, 0.717) is 6.10 Å². The SMILES string of the molecule is COC1CCN(c2ccc(NC(=O)C3(c4cccs4)CCCC3)cc2)CC1. The molecule has 2 aromatic rings. The highest BCUT2D eigenvalue weighted by Gasteiger charge is 2.43. The number of hydrogen-bond acceptors (Lipinski definition) is 4. The van der Waals surface area contributed by atoms with Crippen LogP contribution in [0.2, 0.25) is 0 Å². The molecule has 0 unspecified atom stereocenters. The molecule has 5 heteroatoms. The molecule has 144 valence electrons. The largest absolute Gasteiger partial charge is 0.381 e. The summed E-state index contributed by atoms with van der Waals surface area (Å²) in [6, 6.07) is 12.5. The molecular weight excluding hydrogens is 356 g/mol. The number of nitrogens with zero attached hydrogens (tertiary/aromatic N) is 1. The van der Waals surface area contributed by atoms with E-state index >= 15 is 0 Å². The molecule has 4 rings (SSSR count). The van der Waals surface area contributed by atoms with Crippen LogP contribution in [-0.4, -0.2) is 32.2 Å². The quantitative estimate of drug-likeness (QED) is 0.804. The van der Waals surface area contributed by atoms with Gasteiger partial charge in [-0.15, -0.1) is 11.3 Å². The molecule has 0 atom stereocenters. The zero-order valence-electron chi connectivity index (χ0n) is 15.9. The highest BCUT2D eigenvalue weighted by atomic mass is 32.1. The number of methoxy groups -OCH3 is 1. The van der Waals surface area contributed by atoms with Gasteiger partial charge in [-0.05, 0) is 61.4 Å². The van der Waals surface area contributed by atoms with E-state index in [9.17, 15) is 4.79 Å². The Kier molecular flexibility index (Phi) is 5.50. The second-order valence-electron chi connectivity index (χ2n) is 7.69. The smallest absolute Gasteiger partial charge is 0.235 e. The maximum absolute atomic E-state index is 13.2. The highest BCUT2D eigenvalue weighted by Crippen LogP contribution is 2.44. The van der Waals surface area contributed by atoms with Crippen molar-refractivity contribution in [1.29, 1.82) is 0 Å². The Morgan fingerprint density at radius 2 is 1.85 bits per heavy atom. The maximum Gasteiger partial charge on any atom is 0.235 e. The van der Waals surface area contributed by atoms with Crippen molar-refractivity contribution >= 4 is 28.6 Å². The third-order valence-corrected chi connectivity index (χ3v) is 7.22. The summed E-state index contributed by atoms with van der Waals surface area (Å²) in [5.74, 6) is 0.149. The van der Waals surface area contributed by atoms with Crippen LogP contribution in [0, 0.1) is 0 Å². The van der Waals surface area contributed by atoms with Crippen molar-refractivity contribution in [3.05, 3.63) is 46.7 Å². The molecule has 27 heavy (non-hydrogen) atoms. The van der Waals surface area contributed by atoms with Crippen molar-refractivity contribution in [2.24, 2.45) is 0 Å². The van der Waals surface area contributed by atoms with Crippen molar-refractivity contribution < 1.29 is 9.53 Å². The molecule has 1 saturated carbocycles. The number of piperidine rings is 1. The third kappa shape index (κ3) is 3.76. The monoisotopic (exact) mass is 384 g/mol. The fraction of sp³-hybridized carbons (Fsp3) is 0.500. The van der Waals surface area contributed by atoms with Crippen LogP contribution in [0.3, 0.4) is 0 Å². The molecule has 2 fully saturated rings. The summed E-state index contributed by atoms with van der Waals surface area (Å²) >= 11 is 1.70. The van der Waals surface area contributed by atoms with Crippen LogP contribution in [0.25, 0.3) is 0 Å². The first kappa shape index (κ1) is 18.5. The van der Waals surface area contributed by atoms with Gasteiger partial charge in [0.15, 0.2) is 0 Å². The molecule has 0 spiro atoms. The van der Waals surface area contributed by atoms with Gasteiger partial charge in [0, 0.05) is 36.5 Å². The van der Waals surface area contributed by atoms with E-state index in [4.69, 9.17) is 4.74 Å². The number of nitrogens with one attached hydrogen (secondary N) is 1. The Bertz CT molecular complexity index is 743. The molecule has 1 aromatic heterocycles. The number of thiophene rings is 1. The lowest BCUT2D eigenvalue weighted by atomic mass is 9.83. The Hall–Kier alpha value is -1.85. The van der Waals surface area contributed by atoms with Crippen LogP contribution in [0.4, 0.5) is 11.4 Å². The van der Waals surface area contributed by atoms with E-state index in [1.165, 1.54) is 10.6 Å². The molecule has 1 N–H and O–H groups in total. The Morgan fingerprint density at radius 1 is 1.15 bits per heavy atom. The summed E-state index contributed by atoms with van der Waals surface area (Å²) in [7, 11) is 1.80. The van der Waals surface area contributed by atoms with Gasteiger partial charge in [-0.2, -0.15) is 0 Å². The van der Waals surface area contributed by atoms with E-state index < -0.39 is 0 Å². The van der Waals surface area contributed by atoms with Crippen LogP contribution in [0.15, 0.2) is 41.8 Å². The second-order valence-corrected chi connectivity index (χ2v) is 8.64. The summed E-state index contributed by atoms with van der Waals surface area (Å²) in [6.45, 7) is 2.04. The van der Waals surface area contributed by atoms with Gasteiger partial charge in [-0.25, -0.2) is 0 Å². The fourth-order valence-corrected chi connectivity index (χ4v) is 5.45. The summed E-state index contributed by atoms with van der Waals surface area (Å²) < 4.78 is 5.45. The summed E-state index contributed by atoms with van der Waals surface area (Å²) in [5, 5.41) is 5.26. The first-order chi connectivity index (χ1) is 13.2. The lowest BCUT2D eigenvalue weighted by Gasteiger charge is -2.33. The van der Waals surface area contributed by atoms with E-state index in [0.717, 1.165) is 57.3 Å². The standard InChI is InChI=1S/C22H28N2O2S/c1-26-19-10-14-24(15-11-19)18-8-6-17(7-9-18)23-21(25)22(12-2-3-13-22)20-5-4-16-27-20/h4-9,16,19H,2-3,10-15H2,1H3,(H,23,25). The van der Waals surface area contributed by atoms with E-state index in [-0.39, 0.29) is 11.3 Å². The van der Waals surface area contributed by atoms with Gasteiger partial charge in [0.2, 0.25) is 5.91 Å². The summed E-state index contributed by atoms with van der Waals surface area (Å²) in [6.07, 6.45) is 6.68. The average molecular weight is 385 g/mol. The average Bonchev–Trinajstić information content (AvgIpc) is 3.41. The van der Waals surface area contributed by atoms with Crippen molar-refractivity contribution in [3.8, 4) is 0 Å². The van der Waals surface area contributed by atoms with Crippen LogP contribution >= 0.6 is 11.3 Å². The molecule has 2 heterocycles. The number of carbonyl (C=O) groups is 1.